The van der Waals surface area contributed by atoms with Crippen LogP contribution in [0.4, 0.5) is 5.69 Å². The predicted octanol–water partition coefficient (Wildman–Crippen LogP) is 2.62. The molecule has 0 saturated carbocycles. The average Bonchev–Trinajstić information content (AvgIpc) is 2.75. The average molecular weight is 210 g/mol. The Hall–Kier alpha value is -1.37. The summed E-state index contributed by atoms with van der Waals surface area (Å²) in [6.07, 6.45) is 3.73. The zero-order chi connectivity index (χ0) is 10.5. The van der Waals surface area contributed by atoms with Crippen LogP contribution in [0, 0.1) is 0 Å². The van der Waals surface area contributed by atoms with Gasteiger partial charge in [0.2, 0.25) is 0 Å². The Bertz CT molecular complexity index is 524. The van der Waals surface area contributed by atoms with Gasteiger partial charge in [0.25, 0.3) is 0 Å². The highest BCUT2D eigenvalue weighted by atomic mass is 14.9. The summed E-state index contributed by atoms with van der Waals surface area (Å²) in [5.41, 5.74) is 5.36. The number of fused-ring (bicyclic) bond motifs is 2. The summed E-state index contributed by atoms with van der Waals surface area (Å²) in [5.74, 6) is 3.90. The Kier molecular flexibility index (Phi) is 1.68. The summed E-state index contributed by atoms with van der Waals surface area (Å²) >= 11 is 0. The molecule has 0 spiro atoms. The van der Waals surface area contributed by atoms with Crippen LogP contribution in [0.1, 0.15) is 36.3 Å². The molecule has 16 heavy (non-hydrogen) atoms. The Balaban J connectivity index is 1.93. The molecule has 80 valence electrons. The van der Waals surface area contributed by atoms with Crippen LogP contribution in [0.3, 0.4) is 0 Å². The Morgan fingerprint density at radius 2 is 2.38 bits per heavy atom. The van der Waals surface area contributed by atoms with E-state index in [1.54, 1.807) is 0 Å². The largest absolute Gasteiger partial charge is 0.313 e. The second-order valence-corrected chi connectivity index (χ2v) is 4.96. The van der Waals surface area contributed by atoms with Gasteiger partial charge in [-0.1, -0.05) is 12.1 Å². The second kappa shape index (κ2) is 3.07. The number of hydrogen-bond acceptors (Lipinski definition) is 2. The summed E-state index contributed by atoms with van der Waals surface area (Å²) in [7, 11) is 0. The molecule has 0 radical (unpaired) electrons. The molecule has 0 amide bonds. The molecule has 1 fully saturated rings. The number of aliphatic imine (C=N–C) groups is 1. The fraction of sp³-hybridized carbons (Fsp3) is 0.429. The van der Waals surface area contributed by atoms with E-state index in [1.165, 1.54) is 36.1 Å². The first kappa shape index (κ1) is 8.74. The minimum atomic E-state index is 0.618. The van der Waals surface area contributed by atoms with E-state index in [9.17, 15) is 0 Å². The van der Waals surface area contributed by atoms with Crippen molar-refractivity contribution < 1.29 is 0 Å². The van der Waals surface area contributed by atoms with Gasteiger partial charge in [-0.2, -0.15) is 0 Å². The zero-order valence-corrected chi connectivity index (χ0v) is 9.16. The van der Waals surface area contributed by atoms with Crippen molar-refractivity contribution >= 4 is 17.1 Å². The second-order valence-electron chi connectivity index (χ2n) is 4.96. The van der Waals surface area contributed by atoms with Crippen molar-refractivity contribution in [2.75, 3.05) is 6.54 Å². The molecule has 2 nitrogen and oxygen atoms in total. The molecule has 0 aromatic heterocycles. The Morgan fingerprint density at radius 1 is 1.38 bits per heavy atom. The maximum absolute atomic E-state index is 4.40. The minimum Gasteiger partial charge on any atom is -0.313 e. The van der Waals surface area contributed by atoms with Gasteiger partial charge in [0.05, 0.1) is 5.69 Å². The molecule has 0 bridgehead atoms. The van der Waals surface area contributed by atoms with Gasteiger partial charge in [0, 0.05) is 23.1 Å². The molecule has 4 rings (SSSR count). The summed E-state index contributed by atoms with van der Waals surface area (Å²) < 4.78 is 0. The van der Waals surface area contributed by atoms with E-state index in [0.717, 1.165) is 12.1 Å². The molecular weight excluding hydrogens is 196 g/mol. The molecule has 1 aromatic carbocycles. The maximum atomic E-state index is 4.40. The molecular formula is C14H14N2. The molecule has 2 atom stereocenters. The van der Waals surface area contributed by atoms with E-state index >= 15 is 0 Å². The number of hydrogen-bond donors (Lipinski definition) is 1. The number of benzene rings is 1. The van der Waals surface area contributed by atoms with E-state index < -0.39 is 0 Å². The van der Waals surface area contributed by atoms with Crippen LogP contribution in [0.2, 0.25) is 0 Å². The highest BCUT2D eigenvalue weighted by molar-refractivity contribution is 6.01. The summed E-state index contributed by atoms with van der Waals surface area (Å²) in [4.78, 5) is 4.40. The van der Waals surface area contributed by atoms with Crippen LogP contribution in [0.25, 0.3) is 5.57 Å². The quantitative estimate of drug-likeness (QED) is 0.699. The molecule has 1 N–H and O–H groups in total. The van der Waals surface area contributed by atoms with Crippen molar-refractivity contribution in [3.63, 3.8) is 0 Å². The third-order valence-electron chi connectivity index (χ3n) is 4.10. The van der Waals surface area contributed by atoms with E-state index in [1.807, 2.05) is 0 Å². The lowest BCUT2D eigenvalue weighted by Crippen LogP contribution is -2.42. The van der Waals surface area contributed by atoms with Crippen LogP contribution >= 0.6 is 0 Å². The first-order chi connectivity index (χ1) is 7.93. The molecule has 1 aliphatic carbocycles. The van der Waals surface area contributed by atoms with Crippen LogP contribution in [0.15, 0.2) is 23.2 Å². The number of rotatable bonds is 0. The standard InChI is InChI=1S/C14H14N2/c1-3-11-10-4-2-6-15-13(10)7-9-8-16-12(5-1)14(9)11/h1,3,5,10,13,15H,2,4,6-7H2/t10-,13-/m1/s1. The summed E-state index contributed by atoms with van der Waals surface area (Å²) in [5, 5.41) is 3.65. The third kappa shape index (κ3) is 1.03. The van der Waals surface area contributed by atoms with Crippen molar-refractivity contribution in [1.82, 2.24) is 5.32 Å². The smallest absolute Gasteiger partial charge is 0.0814 e. The monoisotopic (exact) mass is 210 g/mol. The van der Waals surface area contributed by atoms with E-state index in [0.29, 0.717) is 12.0 Å². The molecule has 1 saturated heterocycles. The SMILES string of the molecule is C1=Nc2cccc3c2C=1C[C@H]1NCCC[C@H]31. The van der Waals surface area contributed by atoms with Gasteiger partial charge in [0.1, 0.15) is 0 Å². The van der Waals surface area contributed by atoms with Gasteiger partial charge in [-0.3, -0.25) is 0 Å². The van der Waals surface area contributed by atoms with Gasteiger partial charge in [0.15, 0.2) is 0 Å². The van der Waals surface area contributed by atoms with Crippen LogP contribution in [-0.4, -0.2) is 18.5 Å². The lowest BCUT2D eigenvalue weighted by atomic mass is 9.73. The summed E-state index contributed by atoms with van der Waals surface area (Å²) in [6, 6.07) is 7.15. The predicted molar refractivity (Wildman–Crippen MR) is 65.3 cm³/mol. The normalized spacial score (nSPS) is 29.6. The van der Waals surface area contributed by atoms with Gasteiger partial charge in [-0.15, -0.1) is 0 Å². The first-order valence-corrected chi connectivity index (χ1v) is 6.13. The van der Waals surface area contributed by atoms with Crippen LogP contribution in [0.5, 0.6) is 0 Å². The third-order valence-corrected chi connectivity index (χ3v) is 4.10. The fourth-order valence-electron chi connectivity index (χ4n) is 3.38. The fourth-order valence-corrected chi connectivity index (χ4v) is 3.38. The summed E-state index contributed by atoms with van der Waals surface area (Å²) in [6.45, 7) is 1.17. The maximum Gasteiger partial charge on any atom is 0.0814 e. The van der Waals surface area contributed by atoms with Crippen molar-refractivity contribution in [2.24, 2.45) is 4.99 Å². The van der Waals surface area contributed by atoms with Crippen molar-refractivity contribution in [1.29, 1.82) is 0 Å². The highest BCUT2D eigenvalue weighted by Gasteiger charge is 2.35. The molecule has 1 aromatic rings. The Labute approximate surface area is 95.1 Å². The van der Waals surface area contributed by atoms with Gasteiger partial charge in [-0.25, -0.2) is 4.99 Å². The Morgan fingerprint density at radius 3 is 3.38 bits per heavy atom. The number of nitrogens with zero attached hydrogens (tertiary/aromatic N) is 1. The topological polar surface area (TPSA) is 24.4 Å². The van der Waals surface area contributed by atoms with E-state index in [4.69, 9.17) is 0 Å². The van der Waals surface area contributed by atoms with Crippen molar-refractivity contribution in [3.8, 4) is 0 Å². The zero-order valence-electron chi connectivity index (χ0n) is 9.16. The van der Waals surface area contributed by atoms with Crippen LogP contribution < -0.4 is 5.32 Å². The number of nitrogens with one attached hydrogen (secondary N) is 1. The highest BCUT2D eigenvalue weighted by Crippen LogP contribution is 2.46. The van der Waals surface area contributed by atoms with Crippen molar-refractivity contribution in [3.05, 3.63) is 29.3 Å². The van der Waals surface area contributed by atoms with E-state index in [-0.39, 0.29) is 0 Å². The van der Waals surface area contributed by atoms with Gasteiger partial charge < -0.3 is 5.32 Å². The van der Waals surface area contributed by atoms with Crippen molar-refractivity contribution in [2.45, 2.75) is 31.2 Å². The lowest BCUT2D eigenvalue weighted by Gasteiger charge is -2.38. The molecule has 2 heteroatoms. The molecule has 2 heterocycles. The molecule has 0 unspecified atom stereocenters. The van der Waals surface area contributed by atoms with Crippen LogP contribution in [-0.2, 0) is 0 Å². The lowest BCUT2D eigenvalue weighted by molar-refractivity contribution is 0.349. The van der Waals surface area contributed by atoms with Gasteiger partial charge >= 0.3 is 0 Å². The number of piperidine rings is 1. The molecule has 3 aliphatic rings. The minimum absolute atomic E-state index is 0.618. The molecule has 2 aliphatic heterocycles. The van der Waals surface area contributed by atoms with Gasteiger partial charge in [-0.05, 0) is 43.3 Å². The first-order valence-electron chi connectivity index (χ1n) is 6.13. The van der Waals surface area contributed by atoms with E-state index in [2.05, 4.69) is 34.4 Å².